The van der Waals surface area contributed by atoms with E-state index in [-0.39, 0.29) is 36.0 Å². The normalized spacial score (nSPS) is 33.2. The molecule has 0 aliphatic carbocycles. The van der Waals surface area contributed by atoms with Gasteiger partial charge in [0.1, 0.15) is 11.6 Å². The molecule has 3 aliphatic heterocycles. The van der Waals surface area contributed by atoms with Gasteiger partial charge in [0.2, 0.25) is 5.91 Å². The summed E-state index contributed by atoms with van der Waals surface area (Å²) in [5.74, 6) is -0.778. The fourth-order valence-corrected chi connectivity index (χ4v) is 4.88. The number of rotatable bonds is 3. The quantitative estimate of drug-likeness (QED) is 0.876. The molecule has 7 heteroatoms. The monoisotopic (exact) mass is 379 g/mol. The Morgan fingerprint density at radius 3 is 2.89 bits per heavy atom. The summed E-state index contributed by atoms with van der Waals surface area (Å²) in [6, 6.07) is 3.87. The highest BCUT2D eigenvalue weighted by molar-refractivity contribution is 5.77. The van der Waals surface area contributed by atoms with Crippen molar-refractivity contribution >= 4 is 5.91 Å². The van der Waals surface area contributed by atoms with Crippen LogP contribution in [0, 0.1) is 11.6 Å². The van der Waals surface area contributed by atoms with Gasteiger partial charge < -0.3 is 10.1 Å². The van der Waals surface area contributed by atoms with Gasteiger partial charge in [-0.15, -0.1) is 0 Å². The molecule has 2 unspecified atom stereocenters. The van der Waals surface area contributed by atoms with Crippen molar-refractivity contribution < 1.29 is 18.3 Å². The second kappa shape index (κ2) is 7.81. The van der Waals surface area contributed by atoms with Crippen LogP contribution in [0.15, 0.2) is 18.2 Å². The smallest absolute Gasteiger partial charge is 0.222 e. The highest BCUT2D eigenvalue weighted by Gasteiger charge is 2.40. The van der Waals surface area contributed by atoms with E-state index in [1.54, 1.807) is 0 Å². The average molecular weight is 379 g/mol. The van der Waals surface area contributed by atoms with Gasteiger partial charge in [-0.25, -0.2) is 8.78 Å². The van der Waals surface area contributed by atoms with E-state index in [0.717, 1.165) is 38.4 Å². The molecule has 148 valence electrons. The second-order valence-corrected chi connectivity index (χ2v) is 7.90. The van der Waals surface area contributed by atoms with Crippen LogP contribution in [0.2, 0.25) is 0 Å². The Labute approximate surface area is 158 Å². The first kappa shape index (κ1) is 18.8. The maximum absolute atomic E-state index is 14.4. The first-order chi connectivity index (χ1) is 13.0. The van der Waals surface area contributed by atoms with Crippen LogP contribution >= 0.6 is 0 Å². The third kappa shape index (κ3) is 3.86. The number of ether oxygens (including phenoxy) is 1. The number of nitrogens with zero attached hydrogens (tertiary/aromatic N) is 2. The topological polar surface area (TPSA) is 44.8 Å². The molecular formula is C20H27F2N3O2. The zero-order valence-corrected chi connectivity index (χ0v) is 15.7. The molecule has 3 fully saturated rings. The number of likely N-dealkylation sites (tertiary alicyclic amines) is 1. The largest absolute Gasteiger partial charge is 0.379 e. The van der Waals surface area contributed by atoms with E-state index >= 15 is 0 Å². The lowest BCUT2D eigenvalue weighted by Crippen LogP contribution is -2.59. The van der Waals surface area contributed by atoms with Crippen molar-refractivity contribution in [3.63, 3.8) is 0 Å². The molecule has 0 aromatic heterocycles. The summed E-state index contributed by atoms with van der Waals surface area (Å²) in [6.07, 6.45) is 2.80. The van der Waals surface area contributed by atoms with Crippen molar-refractivity contribution in [3.05, 3.63) is 35.4 Å². The van der Waals surface area contributed by atoms with Gasteiger partial charge in [-0.05, 0) is 44.4 Å². The molecule has 0 bridgehead atoms. The zero-order valence-electron chi connectivity index (χ0n) is 15.7. The maximum atomic E-state index is 14.4. The Hall–Kier alpha value is -1.57. The Bertz CT molecular complexity index is 702. The molecular weight excluding hydrogens is 352 g/mol. The van der Waals surface area contributed by atoms with Crippen LogP contribution in [0.3, 0.4) is 0 Å². The molecule has 1 aromatic carbocycles. The maximum Gasteiger partial charge on any atom is 0.222 e. The number of piperidine rings is 1. The molecule has 4 atom stereocenters. The van der Waals surface area contributed by atoms with Crippen LogP contribution in [0.1, 0.15) is 44.2 Å². The number of morpholine rings is 1. The standard InChI is InChI=1S/C20H27F2N3O2/c1-13-12-27-8-7-24(13)15-10-19(23-20(26)11-15)25-6-2-3-18(25)16-9-14(21)4-5-17(16)22/h4-5,9,13,15,18-19H,2-3,6-8,10-12H2,1H3,(H,23,26)/t13-,15?,18-,19?/m1/s1. The summed E-state index contributed by atoms with van der Waals surface area (Å²) in [4.78, 5) is 16.9. The molecule has 3 saturated heterocycles. The second-order valence-electron chi connectivity index (χ2n) is 7.90. The summed E-state index contributed by atoms with van der Waals surface area (Å²) >= 11 is 0. The molecule has 0 saturated carbocycles. The first-order valence-corrected chi connectivity index (χ1v) is 9.86. The van der Waals surface area contributed by atoms with Gasteiger partial charge in [0, 0.05) is 43.2 Å². The summed E-state index contributed by atoms with van der Waals surface area (Å²) < 4.78 is 33.6. The Morgan fingerprint density at radius 1 is 1.22 bits per heavy atom. The van der Waals surface area contributed by atoms with Crippen molar-refractivity contribution in [2.75, 3.05) is 26.3 Å². The lowest BCUT2D eigenvalue weighted by atomic mass is 9.97. The van der Waals surface area contributed by atoms with Gasteiger partial charge >= 0.3 is 0 Å². The third-order valence-corrected chi connectivity index (χ3v) is 6.14. The van der Waals surface area contributed by atoms with Crippen LogP contribution in [0.5, 0.6) is 0 Å². The van der Waals surface area contributed by atoms with Crippen molar-refractivity contribution in [1.82, 2.24) is 15.1 Å². The Kier molecular flexibility index (Phi) is 5.43. The number of hydrogen-bond donors (Lipinski definition) is 1. The first-order valence-electron chi connectivity index (χ1n) is 9.86. The van der Waals surface area contributed by atoms with E-state index in [1.165, 1.54) is 12.1 Å². The predicted octanol–water partition coefficient (Wildman–Crippen LogP) is 2.43. The number of amides is 1. The van der Waals surface area contributed by atoms with E-state index in [1.807, 2.05) is 0 Å². The van der Waals surface area contributed by atoms with Gasteiger partial charge in [-0.1, -0.05) is 0 Å². The zero-order chi connectivity index (χ0) is 19.0. The van der Waals surface area contributed by atoms with Gasteiger partial charge in [0.05, 0.1) is 19.4 Å². The van der Waals surface area contributed by atoms with Crippen LogP contribution in [0.4, 0.5) is 8.78 Å². The third-order valence-electron chi connectivity index (χ3n) is 6.14. The van der Waals surface area contributed by atoms with Gasteiger partial charge in [-0.3, -0.25) is 14.6 Å². The van der Waals surface area contributed by atoms with Crippen LogP contribution in [-0.4, -0.2) is 60.3 Å². The number of benzene rings is 1. The minimum atomic E-state index is -0.425. The van der Waals surface area contributed by atoms with Crippen molar-refractivity contribution in [2.45, 2.75) is 56.9 Å². The van der Waals surface area contributed by atoms with Gasteiger partial charge in [-0.2, -0.15) is 0 Å². The minimum Gasteiger partial charge on any atom is -0.379 e. The summed E-state index contributed by atoms with van der Waals surface area (Å²) in [7, 11) is 0. The number of hydrogen-bond acceptors (Lipinski definition) is 4. The van der Waals surface area contributed by atoms with Gasteiger partial charge in [0.25, 0.3) is 0 Å². The van der Waals surface area contributed by atoms with E-state index in [2.05, 4.69) is 22.0 Å². The molecule has 1 aromatic rings. The fourth-order valence-electron chi connectivity index (χ4n) is 4.88. The molecule has 0 spiro atoms. The molecule has 27 heavy (non-hydrogen) atoms. The lowest BCUT2D eigenvalue weighted by Gasteiger charge is -2.45. The highest BCUT2D eigenvalue weighted by Crippen LogP contribution is 2.37. The average Bonchev–Trinajstić information content (AvgIpc) is 3.13. The van der Waals surface area contributed by atoms with Crippen LogP contribution in [-0.2, 0) is 9.53 Å². The number of nitrogens with one attached hydrogen (secondary N) is 1. The van der Waals surface area contributed by atoms with Crippen molar-refractivity contribution in [1.29, 1.82) is 0 Å². The molecule has 1 amide bonds. The SMILES string of the molecule is C[C@@H]1COCCN1C1CC(=O)NC(N2CCC[C@@H]2c2cc(F)ccc2F)C1. The van der Waals surface area contributed by atoms with E-state index < -0.39 is 5.82 Å². The Morgan fingerprint density at radius 2 is 2.07 bits per heavy atom. The number of halogens is 2. The number of carbonyl (C=O) groups excluding carboxylic acids is 1. The van der Waals surface area contributed by atoms with Crippen LogP contribution < -0.4 is 5.32 Å². The molecule has 0 radical (unpaired) electrons. The molecule has 1 N–H and O–H groups in total. The molecule has 5 nitrogen and oxygen atoms in total. The van der Waals surface area contributed by atoms with Gasteiger partial charge in [0.15, 0.2) is 0 Å². The Balaban J connectivity index is 1.54. The molecule has 4 rings (SSSR count). The predicted molar refractivity (Wildman–Crippen MR) is 97.0 cm³/mol. The van der Waals surface area contributed by atoms with E-state index in [4.69, 9.17) is 4.74 Å². The fraction of sp³-hybridized carbons (Fsp3) is 0.650. The van der Waals surface area contributed by atoms with Crippen molar-refractivity contribution in [2.24, 2.45) is 0 Å². The summed E-state index contributed by atoms with van der Waals surface area (Å²) in [5, 5.41) is 3.09. The molecule has 3 aliphatic rings. The van der Waals surface area contributed by atoms with E-state index in [9.17, 15) is 13.6 Å². The highest BCUT2D eigenvalue weighted by atomic mass is 19.1. The summed E-state index contributed by atoms with van der Waals surface area (Å²) in [6.45, 7) is 5.10. The molecule has 3 heterocycles. The number of carbonyl (C=O) groups is 1. The van der Waals surface area contributed by atoms with E-state index in [0.29, 0.717) is 25.2 Å². The summed E-state index contributed by atoms with van der Waals surface area (Å²) in [5.41, 5.74) is 0.392. The van der Waals surface area contributed by atoms with Crippen molar-refractivity contribution in [3.8, 4) is 0 Å². The van der Waals surface area contributed by atoms with Crippen LogP contribution in [0.25, 0.3) is 0 Å². The minimum absolute atomic E-state index is 0.0281. The lowest BCUT2D eigenvalue weighted by molar-refractivity contribution is -0.130.